The number of amides is 2. The lowest BCUT2D eigenvalue weighted by atomic mass is 10.1. The highest BCUT2D eigenvalue weighted by Gasteiger charge is 2.31. The Bertz CT molecular complexity index is 1400. The number of carbonyl (C=O) groups is 2. The summed E-state index contributed by atoms with van der Waals surface area (Å²) in [6.45, 7) is 2.05. The van der Waals surface area contributed by atoms with Crippen LogP contribution in [0.1, 0.15) is 27.3 Å². The van der Waals surface area contributed by atoms with Crippen molar-refractivity contribution in [1.82, 2.24) is 19.7 Å². The molecule has 0 aliphatic carbocycles. The van der Waals surface area contributed by atoms with Crippen molar-refractivity contribution in [3.63, 3.8) is 0 Å². The maximum atomic E-state index is 13.2. The van der Waals surface area contributed by atoms with Gasteiger partial charge in [-0.05, 0) is 36.8 Å². The van der Waals surface area contributed by atoms with Gasteiger partial charge in [-0.1, -0.05) is 29.8 Å². The van der Waals surface area contributed by atoms with Gasteiger partial charge in [0.1, 0.15) is 11.7 Å². The SMILES string of the molecule is Cc1ccc(Cc2cc(C(=O)N[C@H]3CSc4cc5c(ccn5C)cc4N(C)C3=O)n(C)n2)cc1. The molecule has 0 fully saturated rings. The van der Waals surface area contributed by atoms with Gasteiger partial charge in [0.2, 0.25) is 5.91 Å². The highest BCUT2D eigenvalue weighted by Crippen LogP contribution is 2.37. The molecule has 0 saturated heterocycles. The summed E-state index contributed by atoms with van der Waals surface area (Å²) >= 11 is 1.59. The lowest BCUT2D eigenvalue weighted by Gasteiger charge is -2.21. The van der Waals surface area contributed by atoms with Crippen molar-refractivity contribution in [1.29, 1.82) is 0 Å². The highest BCUT2D eigenvalue weighted by molar-refractivity contribution is 7.99. The Balaban J connectivity index is 1.33. The molecule has 7 nitrogen and oxygen atoms in total. The Morgan fingerprint density at radius 3 is 2.65 bits per heavy atom. The van der Waals surface area contributed by atoms with Gasteiger partial charge in [0.05, 0.1) is 11.4 Å². The number of nitrogens with one attached hydrogen (secondary N) is 1. The second-order valence-corrected chi connectivity index (χ2v) is 9.91. The van der Waals surface area contributed by atoms with Crippen molar-refractivity contribution in [2.75, 3.05) is 17.7 Å². The molecule has 2 aromatic carbocycles. The van der Waals surface area contributed by atoms with E-state index in [-0.39, 0.29) is 11.8 Å². The first kappa shape index (κ1) is 22.3. The Labute approximate surface area is 202 Å². The molecule has 34 heavy (non-hydrogen) atoms. The Hall–Kier alpha value is -3.52. The molecular formula is C26H27N5O2S. The van der Waals surface area contributed by atoms with E-state index in [1.165, 1.54) is 5.56 Å². The van der Waals surface area contributed by atoms with Crippen molar-refractivity contribution in [3.05, 3.63) is 77.2 Å². The van der Waals surface area contributed by atoms with Gasteiger partial charge < -0.3 is 14.8 Å². The molecule has 0 spiro atoms. The second-order valence-electron chi connectivity index (χ2n) is 8.85. The predicted molar refractivity (Wildman–Crippen MR) is 136 cm³/mol. The minimum Gasteiger partial charge on any atom is -0.351 e. The van der Waals surface area contributed by atoms with Crippen LogP contribution in [-0.2, 0) is 25.3 Å². The van der Waals surface area contributed by atoms with Crippen LogP contribution in [0, 0.1) is 6.92 Å². The third-order valence-corrected chi connectivity index (χ3v) is 7.47. The molecule has 1 N–H and O–H groups in total. The van der Waals surface area contributed by atoms with E-state index in [0.717, 1.165) is 32.7 Å². The number of aryl methyl sites for hydroxylation is 3. The van der Waals surface area contributed by atoms with E-state index in [1.54, 1.807) is 41.5 Å². The summed E-state index contributed by atoms with van der Waals surface area (Å²) in [5.41, 5.74) is 5.58. The van der Waals surface area contributed by atoms with Crippen LogP contribution in [0.15, 0.2) is 59.6 Å². The first-order valence-electron chi connectivity index (χ1n) is 11.2. The van der Waals surface area contributed by atoms with Crippen molar-refractivity contribution in [2.24, 2.45) is 14.1 Å². The number of benzene rings is 2. The number of rotatable bonds is 4. The molecule has 0 bridgehead atoms. The van der Waals surface area contributed by atoms with Crippen LogP contribution >= 0.6 is 11.8 Å². The fraction of sp³-hybridized carbons (Fsp3) is 0.269. The molecule has 174 valence electrons. The molecule has 5 rings (SSSR count). The smallest absolute Gasteiger partial charge is 0.270 e. The van der Waals surface area contributed by atoms with Gasteiger partial charge in [0.15, 0.2) is 0 Å². The minimum absolute atomic E-state index is 0.128. The summed E-state index contributed by atoms with van der Waals surface area (Å²) in [4.78, 5) is 29.0. The zero-order valence-electron chi connectivity index (χ0n) is 19.7. The lowest BCUT2D eigenvalue weighted by molar-refractivity contribution is -0.119. The Morgan fingerprint density at radius 2 is 1.88 bits per heavy atom. The fourth-order valence-corrected chi connectivity index (χ4v) is 5.45. The molecule has 0 radical (unpaired) electrons. The van der Waals surface area contributed by atoms with E-state index in [0.29, 0.717) is 17.9 Å². The number of thioether (sulfide) groups is 1. The zero-order chi connectivity index (χ0) is 24.0. The van der Waals surface area contributed by atoms with Gasteiger partial charge in [-0.2, -0.15) is 5.10 Å². The number of anilines is 1. The van der Waals surface area contributed by atoms with Crippen LogP contribution in [0.2, 0.25) is 0 Å². The van der Waals surface area contributed by atoms with Gasteiger partial charge in [-0.15, -0.1) is 11.8 Å². The molecule has 4 aromatic rings. The summed E-state index contributed by atoms with van der Waals surface area (Å²) in [6.07, 6.45) is 2.66. The molecule has 8 heteroatoms. The van der Waals surface area contributed by atoms with Gasteiger partial charge in [0, 0.05) is 55.3 Å². The van der Waals surface area contributed by atoms with Crippen LogP contribution < -0.4 is 10.2 Å². The number of likely N-dealkylation sites (N-methyl/N-ethyl adjacent to an activating group) is 1. The van der Waals surface area contributed by atoms with Crippen molar-refractivity contribution < 1.29 is 9.59 Å². The minimum atomic E-state index is -0.631. The molecular weight excluding hydrogens is 446 g/mol. The van der Waals surface area contributed by atoms with E-state index in [1.807, 2.05) is 25.4 Å². The summed E-state index contributed by atoms with van der Waals surface area (Å²) < 4.78 is 3.65. The number of carbonyl (C=O) groups excluding carboxylic acids is 2. The van der Waals surface area contributed by atoms with E-state index >= 15 is 0 Å². The Morgan fingerprint density at radius 1 is 1.12 bits per heavy atom. The monoisotopic (exact) mass is 473 g/mol. The topological polar surface area (TPSA) is 72.2 Å². The van der Waals surface area contributed by atoms with Crippen LogP contribution in [-0.4, -0.2) is 45.0 Å². The van der Waals surface area contributed by atoms with Crippen molar-refractivity contribution in [2.45, 2.75) is 24.3 Å². The van der Waals surface area contributed by atoms with Gasteiger partial charge >= 0.3 is 0 Å². The van der Waals surface area contributed by atoms with Gasteiger partial charge in [0.25, 0.3) is 5.91 Å². The zero-order valence-corrected chi connectivity index (χ0v) is 20.5. The molecule has 0 unspecified atom stereocenters. The summed E-state index contributed by atoms with van der Waals surface area (Å²) in [5, 5.41) is 8.54. The average Bonchev–Trinajstić information content (AvgIpc) is 3.34. The number of hydrogen-bond donors (Lipinski definition) is 1. The van der Waals surface area contributed by atoms with E-state index in [2.05, 4.69) is 52.2 Å². The second kappa shape index (κ2) is 8.68. The van der Waals surface area contributed by atoms with E-state index < -0.39 is 6.04 Å². The maximum Gasteiger partial charge on any atom is 0.270 e. The van der Waals surface area contributed by atoms with Crippen LogP contribution in [0.4, 0.5) is 5.69 Å². The van der Waals surface area contributed by atoms with Crippen LogP contribution in [0.25, 0.3) is 10.9 Å². The third kappa shape index (κ3) is 4.09. The van der Waals surface area contributed by atoms with Gasteiger partial charge in [-0.25, -0.2) is 0 Å². The largest absolute Gasteiger partial charge is 0.351 e. The van der Waals surface area contributed by atoms with Crippen LogP contribution in [0.5, 0.6) is 0 Å². The molecule has 1 aliphatic rings. The number of hydrogen-bond acceptors (Lipinski definition) is 4. The van der Waals surface area contributed by atoms with Crippen molar-refractivity contribution >= 4 is 40.2 Å². The predicted octanol–water partition coefficient (Wildman–Crippen LogP) is 3.68. The highest BCUT2D eigenvalue weighted by atomic mass is 32.2. The van der Waals surface area contributed by atoms with E-state index in [4.69, 9.17) is 0 Å². The molecule has 1 aliphatic heterocycles. The fourth-order valence-electron chi connectivity index (χ4n) is 4.34. The van der Waals surface area contributed by atoms with Gasteiger partial charge in [-0.3, -0.25) is 14.3 Å². The normalized spacial score (nSPS) is 15.9. The molecule has 3 heterocycles. The third-order valence-electron chi connectivity index (χ3n) is 6.34. The average molecular weight is 474 g/mol. The Kier molecular flexibility index (Phi) is 5.69. The summed E-state index contributed by atoms with van der Waals surface area (Å²) in [7, 11) is 5.53. The standard InChI is InChI=1S/C26H27N5O2S/c1-16-5-7-17(8-6-16)11-19-13-23(31(4)28-19)25(32)27-20-15-34-24-14-21-18(9-10-29(21)2)12-22(24)30(3)26(20)33/h5-10,12-14,20H,11,15H2,1-4H3,(H,27,32)/t20-/m0/s1. The summed E-state index contributed by atoms with van der Waals surface area (Å²) in [5.74, 6) is 0.0388. The number of aromatic nitrogens is 3. The maximum absolute atomic E-state index is 13.2. The number of nitrogens with zero attached hydrogens (tertiary/aromatic N) is 4. The molecule has 1 atom stereocenters. The first-order valence-corrected chi connectivity index (χ1v) is 12.2. The first-order chi connectivity index (χ1) is 16.3. The molecule has 2 aromatic heterocycles. The van der Waals surface area contributed by atoms with Crippen molar-refractivity contribution in [3.8, 4) is 0 Å². The lowest BCUT2D eigenvalue weighted by Crippen LogP contribution is -2.48. The molecule has 0 saturated carbocycles. The number of fused-ring (bicyclic) bond motifs is 2. The quantitative estimate of drug-likeness (QED) is 0.491. The summed E-state index contributed by atoms with van der Waals surface area (Å²) in [6, 6.07) is 15.6. The van der Waals surface area contributed by atoms with E-state index in [9.17, 15) is 9.59 Å². The van der Waals surface area contributed by atoms with Crippen LogP contribution in [0.3, 0.4) is 0 Å². The molecule has 2 amide bonds.